The highest BCUT2D eigenvalue weighted by Gasteiger charge is 2.24. The van der Waals surface area contributed by atoms with Gasteiger partial charge in [0.2, 0.25) is 5.91 Å². The number of benzene rings is 1. The van der Waals surface area contributed by atoms with Gasteiger partial charge in [0, 0.05) is 24.7 Å². The quantitative estimate of drug-likeness (QED) is 0.847. The first kappa shape index (κ1) is 17.7. The Morgan fingerprint density at radius 3 is 2.83 bits per heavy atom. The summed E-state index contributed by atoms with van der Waals surface area (Å²) in [5.41, 5.74) is 1.19. The number of rotatable bonds is 5. The fraction of sp³-hybridized carbons (Fsp3) is 0.611. The van der Waals surface area contributed by atoms with E-state index in [-0.39, 0.29) is 11.9 Å². The van der Waals surface area contributed by atoms with Crippen molar-refractivity contribution in [2.45, 2.75) is 25.4 Å². The molecule has 5 nitrogen and oxygen atoms in total. The van der Waals surface area contributed by atoms with Crippen LogP contribution in [-0.2, 0) is 16.1 Å². The molecule has 2 heterocycles. The third-order valence-electron chi connectivity index (χ3n) is 4.86. The smallest absolute Gasteiger partial charge is 0.239 e. The monoisotopic (exact) mass is 351 g/mol. The average Bonchev–Trinajstić information content (AvgIpc) is 2.63. The van der Waals surface area contributed by atoms with Gasteiger partial charge >= 0.3 is 0 Å². The highest BCUT2D eigenvalue weighted by atomic mass is 35.5. The molecule has 3 rings (SSSR count). The van der Waals surface area contributed by atoms with Gasteiger partial charge in [0.15, 0.2) is 0 Å². The molecule has 0 aromatic heterocycles. The van der Waals surface area contributed by atoms with Crippen LogP contribution in [0.3, 0.4) is 0 Å². The maximum absolute atomic E-state index is 12.1. The maximum Gasteiger partial charge on any atom is 0.239 e. The molecule has 0 spiro atoms. The maximum atomic E-state index is 12.1. The molecule has 1 unspecified atom stereocenters. The van der Waals surface area contributed by atoms with Crippen molar-refractivity contribution in [2.75, 3.05) is 39.4 Å². The van der Waals surface area contributed by atoms with Crippen LogP contribution in [0.25, 0.3) is 0 Å². The van der Waals surface area contributed by atoms with Crippen molar-refractivity contribution >= 4 is 17.5 Å². The summed E-state index contributed by atoms with van der Waals surface area (Å²) in [6.45, 7) is 5.68. The van der Waals surface area contributed by atoms with Crippen LogP contribution >= 0.6 is 11.6 Å². The molecule has 1 amide bonds. The zero-order valence-corrected chi connectivity index (χ0v) is 14.7. The first-order valence-electron chi connectivity index (χ1n) is 8.77. The Hall–Kier alpha value is -1.14. The van der Waals surface area contributed by atoms with Crippen molar-refractivity contribution in [1.82, 2.24) is 15.5 Å². The fourth-order valence-corrected chi connectivity index (χ4v) is 3.51. The van der Waals surface area contributed by atoms with E-state index in [0.717, 1.165) is 50.6 Å². The second-order valence-corrected chi connectivity index (χ2v) is 7.04. The van der Waals surface area contributed by atoms with Crippen molar-refractivity contribution in [2.24, 2.45) is 5.92 Å². The topological polar surface area (TPSA) is 53.6 Å². The number of nitrogens with one attached hydrogen (secondary N) is 2. The molecule has 1 atom stereocenters. The van der Waals surface area contributed by atoms with Gasteiger partial charge in [-0.15, -0.1) is 0 Å². The summed E-state index contributed by atoms with van der Waals surface area (Å²) in [5.74, 6) is 0.620. The normalized spacial score (nSPS) is 23.1. The molecular formula is C18H26ClN3O2. The highest BCUT2D eigenvalue weighted by Crippen LogP contribution is 2.21. The molecule has 2 fully saturated rings. The molecule has 0 aliphatic carbocycles. The first-order chi connectivity index (χ1) is 11.7. The number of piperidine rings is 1. The van der Waals surface area contributed by atoms with Crippen molar-refractivity contribution in [3.8, 4) is 0 Å². The molecule has 1 aromatic carbocycles. The van der Waals surface area contributed by atoms with E-state index in [4.69, 9.17) is 16.3 Å². The van der Waals surface area contributed by atoms with Crippen molar-refractivity contribution in [1.29, 1.82) is 0 Å². The molecule has 132 valence electrons. The Morgan fingerprint density at radius 1 is 1.33 bits per heavy atom. The predicted molar refractivity (Wildman–Crippen MR) is 95.1 cm³/mol. The summed E-state index contributed by atoms with van der Waals surface area (Å²) >= 11 is 6.24. The van der Waals surface area contributed by atoms with Gasteiger partial charge in [0.05, 0.1) is 13.2 Å². The minimum Gasteiger partial charge on any atom is -0.378 e. The minimum atomic E-state index is -0.195. The number of carbonyl (C=O) groups excluding carboxylic acids is 1. The molecular weight excluding hydrogens is 326 g/mol. The second-order valence-electron chi connectivity index (χ2n) is 6.64. The number of amides is 1. The zero-order chi connectivity index (χ0) is 16.8. The lowest BCUT2D eigenvalue weighted by Crippen LogP contribution is -2.52. The predicted octanol–water partition coefficient (Wildman–Crippen LogP) is 1.66. The summed E-state index contributed by atoms with van der Waals surface area (Å²) in [6, 6.07) is 7.84. The van der Waals surface area contributed by atoms with Crippen molar-refractivity contribution in [3.05, 3.63) is 34.9 Å². The number of hydrogen-bond donors (Lipinski definition) is 2. The molecule has 2 saturated heterocycles. The van der Waals surface area contributed by atoms with E-state index < -0.39 is 0 Å². The standard InChI is InChI=1S/C18H26ClN3O2/c19-16-4-2-1-3-15(16)12-22-8-5-14(6-9-22)11-21-18(23)17-13-24-10-7-20-17/h1-4,14,17,20H,5-13H2,(H,21,23). The van der Waals surface area contributed by atoms with Crippen molar-refractivity contribution in [3.63, 3.8) is 0 Å². The number of nitrogens with zero attached hydrogens (tertiary/aromatic N) is 1. The van der Waals surface area contributed by atoms with E-state index in [0.29, 0.717) is 19.1 Å². The lowest BCUT2D eigenvalue weighted by atomic mass is 9.96. The zero-order valence-electron chi connectivity index (χ0n) is 14.0. The second kappa shape index (κ2) is 8.81. The summed E-state index contributed by atoms with van der Waals surface area (Å²) in [4.78, 5) is 14.5. The SMILES string of the molecule is O=C(NCC1CCN(Cc2ccccc2Cl)CC1)C1COCCN1. The average molecular weight is 352 g/mol. The lowest BCUT2D eigenvalue weighted by Gasteiger charge is -2.32. The van der Waals surface area contributed by atoms with E-state index in [1.165, 1.54) is 5.56 Å². The molecule has 2 N–H and O–H groups in total. The Labute approximate surface area is 148 Å². The van der Waals surface area contributed by atoms with Crippen LogP contribution in [-0.4, -0.2) is 56.2 Å². The van der Waals surface area contributed by atoms with Gasteiger partial charge in [-0.25, -0.2) is 0 Å². The number of hydrogen-bond acceptors (Lipinski definition) is 4. The van der Waals surface area contributed by atoms with Crippen LogP contribution in [0.5, 0.6) is 0 Å². The number of likely N-dealkylation sites (tertiary alicyclic amines) is 1. The van der Waals surface area contributed by atoms with Crippen LogP contribution in [0.1, 0.15) is 18.4 Å². The van der Waals surface area contributed by atoms with Gasteiger partial charge in [-0.1, -0.05) is 29.8 Å². The van der Waals surface area contributed by atoms with E-state index in [1.807, 2.05) is 18.2 Å². The number of carbonyl (C=O) groups is 1. The molecule has 0 bridgehead atoms. The fourth-order valence-electron chi connectivity index (χ4n) is 3.32. The van der Waals surface area contributed by atoms with Gasteiger partial charge in [-0.3, -0.25) is 9.69 Å². The van der Waals surface area contributed by atoms with Crippen LogP contribution in [0, 0.1) is 5.92 Å². The Kier molecular flexibility index (Phi) is 6.49. The summed E-state index contributed by atoms with van der Waals surface area (Å²) in [6.07, 6.45) is 2.22. The first-order valence-corrected chi connectivity index (χ1v) is 9.15. The van der Waals surface area contributed by atoms with Crippen LogP contribution in [0.4, 0.5) is 0 Å². The molecule has 2 aliphatic heterocycles. The lowest BCUT2D eigenvalue weighted by molar-refractivity contribution is -0.126. The van der Waals surface area contributed by atoms with Gasteiger partial charge in [-0.05, 0) is 43.5 Å². The van der Waals surface area contributed by atoms with E-state index in [2.05, 4.69) is 21.6 Å². The van der Waals surface area contributed by atoms with Gasteiger partial charge < -0.3 is 15.4 Å². The summed E-state index contributed by atoms with van der Waals surface area (Å²) in [7, 11) is 0. The van der Waals surface area contributed by atoms with Gasteiger partial charge in [0.25, 0.3) is 0 Å². The van der Waals surface area contributed by atoms with Gasteiger partial charge in [0.1, 0.15) is 6.04 Å². The molecule has 2 aliphatic rings. The molecule has 0 saturated carbocycles. The summed E-state index contributed by atoms with van der Waals surface area (Å²) < 4.78 is 5.33. The van der Waals surface area contributed by atoms with Gasteiger partial charge in [-0.2, -0.15) is 0 Å². The highest BCUT2D eigenvalue weighted by molar-refractivity contribution is 6.31. The van der Waals surface area contributed by atoms with E-state index in [9.17, 15) is 4.79 Å². The van der Waals surface area contributed by atoms with E-state index >= 15 is 0 Å². The van der Waals surface area contributed by atoms with Crippen molar-refractivity contribution < 1.29 is 9.53 Å². The Bertz CT molecular complexity index is 541. The van der Waals surface area contributed by atoms with Crippen LogP contribution in [0.15, 0.2) is 24.3 Å². The Balaban J connectivity index is 1.37. The third-order valence-corrected chi connectivity index (χ3v) is 5.23. The summed E-state index contributed by atoms with van der Waals surface area (Å²) in [5, 5.41) is 7.10. The van der Waals surface area contributed by atoms with Crippen LogP contribution < -0.4 is 10.6 Å². The number of morpholine rings is 1. The van der Waals surface area contributed by atoms with Crippen LogP contribution in [0.2, 0.25) is 5.02 Å². The number of halogens is 1. The molecule has 24 heavy (non-hydrogen) atoms. The minimum absolute atomic E-state index is 0.0631. The third kappa shape index (κ3) is 4.93. The van der Waals surface area contributed by atoms with E-state index in [1.54, 1.807) is 0 Å². The number of ether oxygens (including phenoxy) is 1. The molecule has 6 heteroatoms. The Morgan fingerprint density at radius 2 is 2.12 bits per heavy atom. The molecule has 1 aromatic rings. The molecule has 0 radical (unpaired) electrons. The largest absolute Gasteiger partial charge is 0.378 e.